The van der Waals surface area contributed by atoms with Crippen LogP contribution in [0.2, 0.25) is 0 Å². The first-order valence-corrected chi connectivity index (χ1v) is 14.7. The largest absolute Gasteiger partial charge is 1.00 e. The van der Waals surface area contributed by atoms with Gasteiger partial charge in [-0.05, 0) is 42.5 Å². The molecule has 1 amide bonds. The molecule has 42 heavy (non-hydrogen) atoms. The number of carbonyl (C=O) groups is 1. The molecule has 226 valence electrons. The summed E-state index contributed by atoms with van der Waals surface area (Å²) >= 11 is 0. The third-order valence-corrected chi connectivity index (χ3v) is 9.65. The van der Waals surface area contributed by atoms with Gasteiger partial charge in [-0.25, -0.2) is 4.98 Å². The molecular weight excluding hydrogens is 611 g/mol. The number of hydrogen-bond acceptors (Lipinski definition) is 4. The Morgan fingerprint density at radius 2 is 1.67 bits per heavy atom. The Balaban J connectivity index is 0.00000353. The number of hydrogen-bond donors (Lipinski definition) is 2. The number of alkyl halides is 3. The molecule has 2 atom stereocenters. The minimum absolute atomic E-state index is 0. The zero-order chi connectivity index (χ0) is 28.7. The number of quaternary nitrogens is 1. The van der Waals surface area contributed by atoms with E-state index in [2.05, 4.69) is 10.3 Å². The van der Waals surface area contributed by atoms with Crippen molar-refractivity contribution in [2.24, 2.45) is 11.8 Å². The molecule has 2 N–H and O–H groups in total. The highest BCUT2D eigenvalue weighted by Crippen LogP contribution is 2.44. The van der Waals surface area contributed by atoms with Crippen molar-refractivity contribution in [3.63, 3.8) is 0 Å². The van der Waals surface area contributed by atoms with E-state index in [9.17, 15) is 23.1 Å². The molecule has 4 heterocycles. The van der Waals surface area contributed by atoms with Gasteiger partial charge in [-0.2, -0.15) is 13.2 Å². The molecule has 1 aromatic heterocycles. The van der Waals surface area contributed by atoms with Gasteiger partial charge in [0.1, 0.15) is 6.54 Å². The van der Waals surface area contributed by atoms with E-state index in [1.54, 1.807) is 6.20 Å². The first-order chi connectivity index (χ1) is 19.7. The van der Waals surface area contributed by atoms with Crippen LogP contribution in [0.4, 0.5) is 13.2 Å². The van der Waals surface area contributed by atoms with Crippen molar-refractivity contribution < 1.29 is 49.0 Å². The predicted octanol–water partition coefficient (Wildman–Crippen LogP) is 3.05. The van der Waals surface area contributed by atoms with E-state index in [1.165, 1.54) is 18.6 Å². The summed E-state index contributed by atoms with van der Waals surface area (Å²) in [7, 11) is 0. The molecule has 1 saturated carbocycles. The molecule has 0 radical (unpaired) electrons. The Labute approximate surface area is 254 Å². The number of rotatable bonds is 7. The summed E-state index contributed by atoms with van der Waals surface area (Å²) in [5.74, 6) is 0.886. The summed E-state index contributed by atoms with van der Waals surface area (Å²) < 4.78 is 46.6. The van der Waals surface area contributed by atoms with E-state index in [-0.39, 0.29) is 34.5 Å². The lowest BCUT2D eigenvalue weighted by molar-refractivity contribution is -0.956. The number of aromatic nitrogens is 1. The molecule has 1 aliphatic carbocycles. The number of carbonyl (C=O) groups excluding carboxylic acids is 1. The quantitative estimate of drug-likeness (QED) is 0.387. The van der Waals surface area contributed by atoms with E-state index in [0.29, 0.717) is 35.1 Å². The van der Waals surface area contributed by atoms with Gasteiger partial charge in [0.05, 0.1) is 37.4 Å². The van der Waals surface area contributed by atoms with Crippen LogP contribution in [-0.4, -0.2) is 46.2 Å². The van der Waals surface area contributed by atoms with Crippen molar-refractivity contribution in [2.45, 2.75) is 69.3 Å². The number of benzene rings is 2. The van der Waals surface area contributed by atoms with Gasteiger partial charge in [0, 0.05) is 24.3 Å². The average molecular weight is 649 g/mol. The lowest BCUT2D eigenvalue weighted by Crippen LogP contribution is -3.00. The van der Waals surface area contributed by atoms with Crippen LogP contribution in [0.25, 0.3) is 0 Å². The zero-order valence-electron chi connectivity index (χ0n) is 23.5. The molecular formula is C32H37BrF3N3O3. The second-order valence-corrected chi connectivity index (χ2v) is 12.2. The number of nitrogens with one attached hydrogen (secondary N) is 1. The molecule has 3 saturated heterocycles. The number of nitrogens with zero attached hydrogens (tertiary/aromatic N) is 2. The van der Waals surface area contributed by atoms with Crippen molar-refractivity contribution in [1.82, 2.24) is 10.3 Å². The summed E-state index contributed by atoms with van der Waals surface area (Å²) in [5, 5.41) is 15.2. The molecule has 4 fully saturated rings. The number of halogens is 4. The van der Waals surface area contributed by atoms with E-state index in [1.807, 2.05) is 30.3 Å². The summed E-state index contributed by atoms with van der Waals surface area (Å²) in [5.41, 5.74) is -1.31. The molecule has 1 unspecified atom stereocenters. The Kier molecular flexibility index (Phi) is 8.88. The third-order valence-electron chi connectivity index (χ3n) is 9.65. The number of amides is 1. The highest BCUT2D eigenvalue weighted by atomic mass is 79.9. The summed E-state index contributed by atoms with van der Waals surface area (Å²) in [6, 6.07) is 14.1. The topological polar surface area (TPSA) is 75.4 Å². The maximum Gasteiger partial charge on any atom is 0.416 e. The highest BCUT2D eigenvalue weighted by Gasteiger charge is 2.48. The van der Waals surface area contributed by atoms with Gasteiger partial charge >= 0.3 is 6.18 Å². The molecule has 7 rings (SSSR count). The summed E-state index contributed by atoms with van der Waals surface area (Å²) in [4.78, 5) is 17.6. The number of fused-ring (bicyclic) bond motifs is 3. The molecule has 10 heteroatoms. The van der Waals surface area contributed by atoms with Gasteiger partial charge in [-0.1, -0.05) is 55.7 Å². The Morgan fingerprint density at radius 1 is 0.976 bits per heavy atom. The fraction of sp³-hybridized carbons (Fsp3) is 0.500. The van der Waals surface area contributed by atoms with Crippen LogP contribution in [0, 0.1) is 11.8 Å². The predicted molar refractivity (Wildman–Crippen MR) is 147 cm³/mol. The SMILES string of the molecule is O=C(NC1C[N+]2(Cc3cnc([C@](O)(c4ccccc4)C4CCCCC4)o3)CCC1CC2)c1cccc(C(F)(F)F)c1.[Br-]. The maximum atomic E-state index is 13.2. The summed E-state index contributed by atoms with van der Waals surface area (Å²) in [6.07, 6.45) is 4.22. The van der Waals surface area contributed by atoms with Gasteiger partial charge in [0.2, 0.25) is 5.89 Å². The Hall–Kier alpha value is -2.69. The minimum Gasteiger partial charge on any atom is -1.00 e. The van der Waals surface area contributed by atoms with Gasteiger partial charge < -0.3 is 36.3 Å². The van der Waals surface area contributed by atoms with Crippen LogP contribution in [0.1, 0.15) is 78.1 Å². The standard InChI is InChI=1S/C32H36F3N3O3.BrH/c33-32(34,35)26-13-7-8-23(18-26)29(39)37-28-21-38(16-14-22(28)15-17-38)20-27-19-36-30(41-27)31(40,24-9-3-1-4-10-24)25-11-5-2-6-12-25;/h1,3-4,7-10,13,18-19,22,25,28,40H,2,5-6,11-12,14-17,20-21H2;1H/t22?,28?,31-,38?;/m0./s1. The lowest BCUT2D eigenvalue weighted by atomic mass is 9.73. The Bertz CT molecular complexity index is 1370. The Morgan fingerprint density at radius 3 is 2.36 bits per heavy atom. The molecule has 6 nitrogen and oxygen atoms in total. The minimum atomic E-state index is -4.50. The number of piperidine rings is 3. The fourth-order valence-electron chi connectivity index (χ4n) is 7.40. The van der Waals surface area contributed by atoms with Crippen molar-refractivity contribution in [1.29, 1.82) is 0 Å². The maximum absolute atomic E-state index is 13.2. The number of aliphatic hydroxyl groups is 1. The van der Waals surface area contributed by atoms with E-state index >= 15 is 0 Å². The van der Waals surface area contributed by atoms with Crippen LogP contribution < -0.4 is 22.3 Å². The van der Waals surface area contributed by atoms with Crippen LogP contribution in [0.15, 0.2) is 65.2 Å². The van der Waals surface area contributed by atoms with E-state index in [0.717, 1.165) is 69.3 Å². The smallest absolute Gasteiger partial charge is 0.416 e. The van der Waals surface area contributed by atoms with E-state index in [4.69, 9.17) is 4.42 Å². The van der Waals surface area contributed by atoms with Gasteiger partial charge in [0.15, 0.2) is 11.4 Å². The van der Waals surface area contributed by atoms with Crippen molar-refractivity contribution >= 4 is 5.91 Å². The van der Waals surface area contributed by atoms with Crippen LogP contribution >= 0.6 is 0 Å². The second-order valence-electron chi connectivity index (χ2n) is 12.2. The average Bonchev–Trinajstić information content (AvgIpc) is 3.46. The zero-order valence-corrected chi connectivity index (χ0v) is 25.0. The highest BCUT2D eigenvalue weighted by molar-refractivity contribution is 5.94. The van der Waals surface area contributed by atoms with Crippen LogP contribution in [0.3, 0.4) is 0 Å². The third kappa shape index (κ3) is 6.03. The van der Waals surface area contributed by atoms with Crippen molar-refractivity contribution in [3.05, 3.63) is 89.1 Å². The van der Waals surface area contributed by atoms with Gasteiger partial charge in [0.25, 0.3) is 5.91 Å². The van der Waals surface area contributed by atoms with Crippen molar-refractivity contribution in [2.75, 3.05) is 19.6 Å². The molecule has 3 aromatic rings. The first-order valence-electron chi connectivity index (χ1n) is 14.7. The van der Waals surface area contributed by atoms with E-state index < -0.39 is 23.2 Å². The normalized spacial score (nSPS) is 25.8. The monoisotopic (exact) mass is 647 g/mol. The van der Waals surface area contributed by atoms with Crippen LogP contribution in [0.5, 0.6) is 0 Å². The van der Waals surface area contributed by atoms with Crippen molar-refractivity contribution in [3.8, 4) is 0 Å². The molecule has 0 spiro atoms. The van der Waals surface area contributed by atoms with Crippen LogP contribution in [-0.2, 0) is 18.3 Å². The molecule has 2 aromatic carbocycles. The summed E-state index contributed by atoms with van der Waals surface area (Å²) in [6.45, 7) is 3.13. The lowest BCUT2D eigenvalue weighted by Gasteiger charge is -2.52. The first kappa shape index (κ1) is 30.8. The molecule has 4 aliphatic rings. The molecule has 3 aliphatic heterocycles. The van der Waals surface area contributed by atoms with Gasteiger partial charge in [-0.3, -0.25) is 4.79 Å². The second kappa shape index (κ2) is 12.1. The molecule has 2 bridgehead atoms. The number of oxazole rings is 1. The van der Waals surface area contributed by atoms with Gasteiger partial charge in [-0.15, -0.1) is 0 Å². The fourth-order valence-corrected chi connectivity index (χ4v) is 7.40.